The molecule has 29 heavy (non-hydrogen) atoms. The van der Waals surface area contributed by atoms with Crippen molar-refractivity contribution in [3.8, 4) is 5.75 Å². The number of hydrogen-bond acceptors (Lipinski definition) is 6. The van der Waals surface area contributed by atoms with Gasteiger partial charge in [0.15, 0.2) is 0 Å². The third kappa shape index (κ3) is 6.74. The van der Waals surface area contributed by atoms with E-state index in [9.17, 15) is 14.0 Å². The van der Waals surface area contributed by atoms with Crippen LogP contribution in [0.25, 0.3) is 0 Å². The van der Waals surface area contributed by atoms with E-state index < -0.39 is 5.91 Å². The first-order valence-electron chi connectivity index (χ1n) is 8.30. The molecule has 0 saturated carbocycles. The largest absolute Gasteiger partial charge is 0.486 e. The van der Waals surface area contributed by atoms with E-state index in [1.165, 1.54) is 47.4 Å². The van der Waals surface area contributed by atoms with Crippen LogP contribution in [0.5, 0.6) is 5.75 Å². The zero-order valence-electron chi connectivity index (χ0n) is 14.9. The molecule has 1 heterocycles. The lowest BCUT2D eigenvalue weighted by atomic mass is 10.3. The number of thiazole rings is 1. The van der Waals surface area contributed by atoms with Gasteiger partial charge in [-0.05, 0) is 48.5 Å². The van der Waals surface area contributed by atoms with Crippen molar-refractivity contribution in [1.29, 1.82) is 0 Å². The Morgan fingerprint density at radius 3 is 2.55 bits per heavy atom. The monoisotopic (exact) mass is 451 g/mol. The summed E-state index contributed by atoms with van der Waals surface area (Å²) in [6.07, 6.45) is 0. The Kier molecular flexibility index (Phi) is 7.45. The topological polar surface area (TPSA) is 80.3 Å². The maximum absolute atomic E-state index is 12.9. The summed E-state index contributed by atoms with van der Waals surface area (Å²) in [4.78, 5) is 29.0. The number of halogens is 2. The number of carbonyl (C=O) groups excluding carboxylic acids is 2. The molecule has 0 bridgehead atoms. The molecule has 2 aromatic carbocycles. The number of benzene rings is 2. The molecular formula is C19H15ClFN3O3S2. The van der Waals surface area contributed by atoms with Crippen LogP contribution >= 0.6 is 34.7 Å². The van der Waals surface area contributed by atoms with E-state index in [-0.39, 0.29) is 29.8 Å². The number of rotatable bonds is 7. The maximum atomic E-state index is 12.9. The lowest BCUT2D eigenvalue weighted by Gasteiger charge is -2.06. The molecule has 0 aliphatic carbocycles. The molecule has 10 heteroatoms. The molecule has 0 spiro atoms. The van der Waals surface area contributed by atoms with E-state index in [4.69, 9.17) is 16.3 Å². The SMILES string of the molecule is O=C(CSc1ccc(Cl)cc1)NNC(=O)c1csc(COc2ccc(F)cc2)n1. The van der Waals surface area contributed by atoms with Crippen LogP contribution in [0, 0.1) is 5.82 Å². The first-order chi connectivity index (χ1) is 14.0. The minimum Gasteiger partial charge on any atom is -0.486 e. The number of amides is 2. The van der Waals surface area contributed by atoms with E-state index in [2.05, 4.69) is 15.8 Å². The van der Waals surface area contributed by atoms with Gasteiger partial charge < -0.3 is 4.74 Å². The molecule has 0 radical (unpaired) electrons. The molecule has 2 amide bonds. The third-order valence-corrected chi connectivity index (χ3v) is 5.55. The first kappa shape index (κ1) is 21.1. The third-order valence-electron chi connectivity index (χ3n) is 3.46. The van der Waals surface area contributed by atoms with Crippen LogP contribution in [0.3, 0.4) is 0 Å². The Morgan fingerprint density at radius 2 is 1.83 bits per heavy atom. The van der Waals surface area contributed by atoms with Gasteiger partial charge in [0.25, 0.3) is 5.91 Å². The van der Waals surface area contributed by atoms with E-state index >= 15 is 0 Å². The number of carbonyl (C=O) groups is 2. The summed E-state index contributed by atoms with van der Waals surface area (Å²) < 4.78 is 18.4. The van der Waals surface area contributed by atoms with Crippen LogP contribution in [0.2, 0.25) is 5.02 Å². The van der Waals surface area contributed by atoms with Crippen molar-refractivity contribution in [2.75, 3.05) is 5.75 Å². The average molecular weight is 452 g/mol. The summed E-state index contributed by atoms with van der Waals surface area (Å²) in [5.41, 5.74) is 4.84. The second kappa shape index (κ2) is 10.2. The molecule has 3 rings (SSSR count). The Balaban J connectivity index is 1.41. The van der Waals surface area contributed by atoms with Crippen molar-refractivity contribution in [3.63, 3.8) is 0 Å². The van der Waals surface area contributed by atoms with Crippen molar-refractivity contribution >= 4 is 46.5 Å². The van der Waals surface area contributed by atoms with Crippen LogP contribution in [-0.4, -0.2) is 22.6 Å². The van der Waals surface area contributed by atoms with Crippen LogP contribution in [-0.2, 0) is 11.4 Å². The van der Waals surface area contributed by atoms with Gasteiger partial charge in [-0.25, -0.2) is 9.37 Å². The molecule has 0 saturated heterocycles. The van der Waals surface area contributed by atoms with Crippen molar-refractivity contribution in [1.82, 2.24) is 15.8 Å². The molecule has 0 fully saturated rings. The van der Waals surface area contributed by atoms with Crippen molar-refractivity contribution in [2.45, 2.75) is 11.5 Å². The molecule has 3 aromatic rings. The highest BCUT2D eigenvalue weighted by molar-refractivity contribution is 8.00. The number of ether oxygens (including phenoxy) is 1. The highest BCUT2D eigenvalue weighted by atomic mass is 35.5. The second-order valence-electron chi connectivity index (χ2n) is 5.61. The number of thioether (sulfide) groups is 1. The van der Waals surface area contributed by atoms with E-state index in [1.807, 2.05) is 12.1 Å². The van der Waals surface area contributed by atoms with Gasteiger partial charge >= 0.3 is 0 Å². The van der Waals surface area contributed by atoms with Crippen molar-refractivity contribution in [2.24, 2.45) is 0 Å². The van der Waals surface area contributed by atoms with Gasteiger partial charge in [0.1, 0.15) is 28.9 Å². The summed E-state index contributed by atoms with van der Waals surface area (Å²) in [6, 6.07) is 12.7. The number of nitrogens with one attached hydrogen (secondary N) is 2. The minimum absolute atomic E-state index is 0.135. The maximum Gasteiger partial charge on any atom is 0.289 e. The smallest absolute Gasteiger partial charge is 0.289 e. The highest BCUT2D eigenvalue weighted by Crippen LogP contribution is 2.20. The predicted octanol–water partition coefficient (Wildman–Crippen LogP) is 4.07. The molecule has 2 N–H and O–H groups in total. The Bertz CT molecular complexity index is 981. The number of hydrogen-bond donors (Lipinski definition) is 2. The van der Waals surface area contributed by atoms with E-state index in [1.54, 1.807) is 17.5 Å². The quantitative estimate of drug-likeness (QED) is 0.418. The summed E-state index contributed by atoms with van der Waals surface area (Å²) in [5, 5.41) is 2.76. The van der Waals surface area contributed by atoms with E-state index in [0.717, 1.165) is 4.90 Å². The zero-order chi connectivity index (χ0) is 20.6. The van der Waals surface area contributed by atoms with Crippen LogP contribution in [0.15, 0.2) is 58.8 Å². The van der Waals surface area contributed by atoms with Gasteiger partial charge in [-0.1, -0.05) is 11.6 Å². The highest BCUT2D eigenvalue weighted by Gasteiger charge is 2.12. The fourth-order valence-electron chi connectivity index (χ4n) is 2.06. The lowest BCUT2D eigenvalue weighted by molar-refractivity contribution is -0.119. The first-order valence-corrected chi connectivity index (χ1v) is 10.5. The Morgan fingerprint density at radius 1 is 1.10 bits per heavy atom. The Labute approximate surface area is 179 Å². The van der Waals surface area contributed by atoms with Gasteiger partial charge in [-0.3, -0.25) is 20.4 Å². The Hall–Kier alpha value is -2.62. The summed E-state index contributed by atoms with van der Waals surface area (Å²) in [7, 11) is 0. The molecular weight excluding hydrogens is 437 g/mol. The van der Waals surface area contributed by atoms with Crippen LogP contribution in [0.1, 0.15) is 15.5 Å². The number of aromatic nitrogens is 1. The molecule has 0 aliphatic heterocycles. The van der Waals surface area contributed by atoms with Crippen molar-refractivity contribution < 1.29 is 18.7 Å². The molecule has 6 nitrogen and oxygen atoms in total. The molecule has 0 aliphatic rings. The molecule has 150 valence electrons. The predicted molar refractivity (Wildman–Crippen MR) is 111 cm³/mol. The van der Waals surface area contributed by atoms with Gasteiger partial charge in [0, 0.05) is 15.3 Å². The normalized spacial score (nSPS) is 10.4. The number of nitrogens with zero attached hydrogens (tertiary/aromatic N) is 1. The summed E-state index contributed by atoms with van der Waals surface area (Å²) in [6.45, 7) is 0.146. The fourth-order valence-corrected chi connectivity index (χ4v) is 3.57. The molecule has 0 atom stereocenters. The van der Waals surface area contributed by atoms with E-state index in [0.29, 0.717) is 15.8 Å². The zero-order valence-corrected chi connectivity index (χ0v) is 17.2. The van der Waals surface area contributed by atoms with Crippen LogP contribution in [0.4, 0.5) is 4.39 Å². The lowest BCUT2D eigenvalue weighted by Crippen LogP contribution is -2.42. The summed E-state index contributed by atoms with van der Waals surface area (Å²) >= 11 is 8.38. The fraction of sp³-hybridized carbons (Fsp3) is 0.105. The van der Waals surface area contributed by atoms with Crippen LogP contribution < -0.4 is 15.6 Å². The van der Waals surface area contributed by atoms with Gasteiger partial charge in [-0.2, -0.15) is 0 Å². The molecule has 0 unspecified atom stereocenters. The minimum atomic E-state index is -0.529. The average Bonchev–Trinajstić information content (AvgIpc) is 3.20. The standard InChI is InChI=1S/C19H15ClFN3O3S2/c20-12-1-7-15(8-2-12)28-11-17(25)23-24-19(26)16-10-29-18(22-16)9-27-14-5-3-13(21)4-6-14/h1-8,10H,9,11H2,(H,23,25)(H,24,26). The number of hydrazine groups is 1. The second-order valence-corrected chi connectivity index (χ2v) is 8.04. The van der Waals surface area contributed by atoms with Gasteiger partial charge in [-0.15, -0.1) is 23.1 Å². The van der Waals surface area contributed by atoms with Crippen molar-refractivity contribution in [3.05, 3.63) is 75.5 Å². The van der Waals surface area contributed by atoms with Gasteiger partial charge in [0.2, 0.25) is 5.91 Å². The van der Waals surface area contributed by atoms with Gasteiger partial charge in [0.05, 0.1) is 5.75 Å². The molecule has 1 aromatic heterocycles. The summed E-state index contributed by atoms with van der Waals surface area (Å²) in [5.74, 6) is -0.597.